The zero-order valence-electron chi connectivity index (χ0n) is 12.0. The molecule has 0 unspecified atom stereocenters. The lowest BCUT2D eigenvalue weighted by atomic mass is 10.2. The van der Waals surface area contributed by atoms with Gasteiger partial charge < -0.3 is 19.1 Å². The molecule has 0 spiro atoms. The lowest BCUT2D eigenvalue weighted by Gasteiger charge is -2.03. The first-order chi connectivity index (χ1) is 10.7. The van der Waals surface area contributed by atoms with Gasteiger partial charge in [-0.15, -0.1) is 0 Å². The highest BCUT2D eigenvalue weighted by Crippen LogP contribution is 2.33. The van der Waals surface area contributed by atoms with Crippen LogP contribution in [0.25, 0.3) is 23.0 Å². The second-order valence-electron chi connectivity index (χ2n) is 4.36. The van der Waals surface area contributed by atoms with Gasteiger partial charge in [0.1, 0.15) is 17.2 Å². The van der Waals surface area contributed by atoms with E-state index in [9.17, 15) is 5.11 Å². The molecule has 112 valence electrons. The second kappa shape index (κ2) is 5.72. The van der Waals surface area contributed by atoms with E-state index in [1.807, 2.05) is 0 Å². The van der Waals surface area contributed by atoms with Crippen LogP contribution in [0.3, 0.4) is 0 Å². The lowest BCUT2D eigenvalue weighted by Crippen LogP contribution is -1.92. The van der Waals surface area contributed by atoms with Crippen molar-refractivity contribution in [3.05, 3.63) is 36.5 Å². The summed E-state index contributed by atoms with van der Waals surface area (Å²) in [5.74, 6) is 1.56. The Bertz CT molecular complexity index is 801. The summed E-state index contributed by atoms with van der Waals surface area (Å²) in [5, 5.41) is 13.8. The van der Waals surface area contributed by atoms with E-state index in [-0.39, 0.29) is 17.5 Å². The summed E-state index contributed by atoms with van der Waals surface area (Å²) >= 11 is 0. The van der Waals surface area contributed by atoms with E-state index in [4.69, 9.17) is 14.0 Å². The van der Waals surface area contributed by atoms with Crippen LogP contribution in [0.15, 0.2) is 41.1 Å². The Morgan fingerprint density at radius 2 is 2.00 bits per heavy atom. The van der Waals surface area contributed by atoms with E-state index in [1.54, 1.807) is 30.5 Å². The van der Waals surface area contributed by atoms with E-state index < -0.39 is 0 Å². The largest absolute Gasteiger partial charge is 0.507 e. The molecule has 3 rings (SSSR count). The fourth-order valence-corrected chi connectivity index (χ4v) is 1.97. The van der Waals surface area contributed by atoms with Crippen LogP contribution in [0.4, 0.5) is 0 Å². The summed E-state index contributed by atoms with van der Waals surface area (Å²) in [7, 11) is 3.07. The third-order valence-electron chi connectivity index (χ3n) is 3.06. The van der Waals surface area contributed by atoms with Crippen molar-refractivity contribution in [1.82, 2.24) is 15.1 Å². The minimum Gasteiger partial charge on any atom is -0.507 e. The molecule has 22 heavy (non-hydrogen) atoms. The number of phenols is 1. The summed E-state index contributed by atoms with van der Waals surface area (Å²) in [6, 6.07) is 8.25. The van der Waals surface area contributed by atoms with E-state index >= 15 is 0 Å². The number of hydrogen-bond donors (Lipinski definition) is 1. The topological polar surface area (TPSA) is 90.5 Å². The molecule has 0 amide bonds. The van der Waals surface area contributed by atoms with Gasteiger partial charge in [-0.05, 0) is 30.3 Å². The van der Waals surface area contributed by atoms with Gasteiger partial charge in [0.2, 0.25) is 5.82 Å². The molecule has 0 radical (unpaired) electrons. The average molecular weight is 299 g/mol. The van der Waals surface area contributed by atoms with Gasteiger partial charge in [0.05, 0.1) is 19.8 Å². The minimum absolute atomic E-state index is 0.0176. The Hall–Kier alpha value is -3.09. The van der Waals surface area contributed by atoms with Crippen molar-refractivity contribution < 1.29 is 19.1 Å². The number of rotatable bonds is 4. The number of aromatic nitrogens is 3. The van der Waals surface area contributed by atoms with Crippen LogP contribution >= 0.6 is 0 Å². The predicted octanol–water partition coefficient (Wildman–Crippen LogP) is 2.52. The first kappa shape index (κ1) is 13.9. The van der Waals surface area contributed by atoms with Crippen LogP contribution in [0, 0.1) is 0 Å². The first-order valence-corrected chi connectivity index (χ1v) is 6.43. The van der Waals surface area contributed by atoms with Crippen molar-refractivity contribution in [1.29, 1.82) is 0 Å². The summed E-state index contributed by atoms with van der Waals surface area (Å²) in [4.78, 5) is 8.45. The number of pyridine rings is 1. The number of phenolic OH excluding ortho intramolecular Hbond substituents is 1. The molecule has 1 aromatic carbocycles. The van der Waals surface area contributed by atoms with E-state index in [1.165, 1.54) is 20.3 Å². The number of ether oxygens (including phenoxy) is 2. The Balaban J connectivity index is 2.04. The van der Waals surface area contributed by atoms with Gasteiger partial charge in [0.15, 0.2) is 5.69 Å². The van der Waals surface area contributed by atoms with Crippen LogP contribution < -0.4 is 9.47 Å². The zero-order valence-corrected chi connectivity index (χ0v) is 12.0. The lowest BCUT2D eigenvalue weighted by molar-refractivity contribution is 0.407. The molecule has 7 heteroatoms. The molecule has 0 bridgehead atoms. The highest BCUT2D eigenvalue weighted by molar-refractivity contribution is 5.67. The number of nitrogens with zero attached hydrogens (tertiary/aromatic N) is 3. The van der Waals surface area contributed by atoms with Crippen LogP contribution in [-0.4, -0.2) is 34.5 Å². The summed E-state index contributed by atoms with van der Waals surface area (Å²) in [6.45, 7) is 0. The standard InChI is InChI=1S/C15H13N3O4/c1-20-9-5-6-11(19)10(8-9)15-17-14(18-22-15)13-12(21-2)4-3-7-16-13/h3-8,19H,1-2H3. The molecule has 0 fully saturated rings. The summed E-state index contributed by atoms with van der Waals surface area (Å²) < 4.78 is 15.6. The smallest absolute Gasteiger partial charge is 0.262 e. The van der Waals surface area contributed by atoms with Gasteiger partial charge in [0.25, 0.3) is 5.89 Å². The van der Waals surface area contributed by atoms with Gasteiger partial charge >= 0.3 is 0 Å². The van der Waals surface area contributed by atoms with Gasteiger partial charge in [-0.2, -0.15) is 4.98 Å². The minimum atomic E-state index is 0.0176. The fraction of sp³-hybridized carbons (Fsp3) is 0.133. The molecular formula is C15H13N3O4. The average Bonchev–Trinajstić information content (AvgIpc) is 3.05. The molecule has 0 aliphatic carbocycles. The Labute approximate surface area is 126 Å². The quantitative estimate of drug-likeness (QED) is 0.791. The van der Waals surface area contributed by atoms with Crippen molar-refractivity contribution >= 4 is 0 Å². The van der Waals surface area contributed by atoms with Gasteiger partial charge in [-0.1, -0.05) is 5.16 Å². The van der Waals surface area contributed by atoms with E-state index in [0.717, 1.165) is 0 Å². The highest BCUT2D eigenvalue weighted by Gasteiger charge is 2.18. The van der Waals surface area contributed by atoms with Crippen LogP contribution in [0.1, 0.15) is 0 Å². The third-order valence-corrected chi connectivity index (χ3v) is 3.06. The number of hydrogen-bond acceptors (Lipinski definition) is 7. The normalized spacial score (nSPS) is 10.5. The maximum atomic E-state index is 9.94. The first-order valence-electron chi connectivity index (χ1n) is 6.43. The van der Waals surface area contributed by atoms with Gasteiger partial charge in [-0.25, -0.2) is 4.98 Å². The van der Waals surface area contributed by atoms with Crippen molar-refractivity contribution in [3.63, 3.8) is 0 Å². The monoisotopic (exact) mass is 299 g/mol. The molecule has 2 aromatic heterocycles. The maximum absolute atomic E-state index is 9.94. The summed E-state index contributed by atoms with van der Waals surface area (Å²) in [6.07, 6.45) is 1.61. The molecule has 3 aromatic rings. The van der Waals surface area contributed by atoms with E-state index in [0.29, 0.717) is 22.8 Å². The number of benzene rings is 1. The van der Waals surface area contributed by atoms with Crippen molar-refractivity contribution in [3.8, 4) is 40.2 Å². The van der Waals surface area contributed by atoms with Crippen molar-refractivity contribution in [2.45, 2.75) is 0 Å². The van der Waals surface area contributed by atoms with Crippen molar-refractivity contribution in [2.75, 3.05) is 14.2 Å². The third kappa shape index (κ3) is 2.44. The van der Waals surface area contributed by atoms with Crippen LogP contribution in [-0.2, 0) is 0 Å². The van der Waals surface area contributed by atoms with Gasteiger partial charge in [0, 0.05) is 6.20 Å². The van der Waals surface area contributed by atoms with Gasteiger partial charge in [-0.3, -0.25) is 0 Å². The molecule has 0 atom stereocenters. The molecule has 0 aliphatic rings. The fourth-order valence-electron chi connectivity index (χ4n) is 1.97. The number of methoxy groups -OCH3 is 2. The maximum Gasteiger partial charge on any atom is 0.262 e. The van der Waals surface area contributed by atoms with Crippen molar-refractivity contribution in [2.24, 2.45) is 0 Å². The molecule has 0 saturated heterocycles. The highest BCUT2D eigenvalue weighted by atomic mass is 16.5. The Morgan fingerprint density at radius 1 is 1.14 bits per heavy atom. The molecule has 0 aliphatic heterocycles. The zero-order chi connectivity index (χ0) is 15.5. The Morgan fingerprint density at radius 3 is 2.77 bits per heavy atom. The molecule has 0 saturated carbocycles. The SMILES string of the molecule is COc1ccc(O)c(-c2nc(-c3ncccc3OC)no2)c1. The van der Waals surface area contributed by atoms with Crippen LogP contribution in [0.5, 0.6) is 17.2 Å². The second-order valence-corrected chi connectivity index (χ2v) is 4.36. The molecule has 2 heterocycles. The molecular weight excluding hydrogens is 286 g/mol. The summed E-state index contributed by atoms with van der Waals surface area (Å²) in [5.41, 5.74) is 0.843. The van der Waals surface area contributed by atoms with Crippen LogP contribution in [0.2, 0.25) is 0 Å². The molecule has 7 nitrogen and oxygen atoms in total. The molecule has 1 N–H and O–H groups in total. The predicted molar refractivity (Wildman–Crippen MR) is 77.7 cm³/mol. The number of aromatic hydroxyl groups is 1. The van der Waals surface area contributed by atoms with E-state index in [2.05, 4.69) is 15.1 Å². The Kier molecular flexibility index (Phi) is 3.61.